The molecule has 0 aromatic heterocycles. The van der Waals surface area contributed by atoms with Crippen LogP contribution in [0.2, 0.25) is 0 Å². The standard InChI is InChI=1S/C12H23NO10/c13-1-3-5(15)7(17)9(19)11(21-3)23-12-10(20)8(18)6(16)4(2-14)22-12/h3-12,14-20H,1-2,13H2/t3?,4?,5-,6-,7?,8?,9?,10?,11-,12-/m1/s1. The van der Waals surface area contributed by atoms with Crippen LogP contribution in [0.15, 0.2) is 0 Å². The molecule has 2 fully saturated rings. The van der Waals surface area contributed by atoms with Gasteiger partial charge in [0, 0.05) is 6.54 Å². The summed E-state index contributed by atoms with van der Waals surface area (Å²) < 4.78 is 15.5. The normalized spacial score (nSPS) is 51.7. The van der Waals surface area contributed by atoms with Crippen molar-refractivity contribution in [1.29, 1.82) is 0 Å². The molecular weight excluding hydrogens is 318 g/mol. The zero-order valence-electron chi connectivity index (χ0n) is 12.1. The van der Waals surface area contributed by atoms with Crippen molar-refractivity contribution in [3.05, 3.63) is 0 Å². The third-order valence-corrected chi connectivity index (χ3v) is 4.02. The van der Waals surface area contributed by atoms with E-state index in [2.05, 4.69) is 0 Å². The summed E-state index contributed by atoms with van der Waals surface area (Å²) in [5.41, 5.74) is 5.39. The van der Waals surface area contributed by atoms with Crippen LogP contribution in [0.4, 0.5) is 0 Å². The van der Waals surface area contributed by atoms with Crippen LogP contribution in [0.3, 0.4) is 0 Å². The lowest BCUT2D eigenvalue weighted by molar-refractivity contribution is -0.374. The highest BCUT2D eigenvalue weighted by atomic mass is 16.8. The minimum Gasteiger partial charge on any atom is -0.394 e. The van der Waals surface area contributed by atoms with Gasteiger partial charge >= 0.3 is 0 Å². The fourth-order valence-corrected chi connectivity index (χ4v) is 2.54. The van der Waals surface area contributed by atoms with Gasteiger partial charge in [0.1, 0.15) is 48.8 Å². The lowest BCUT2D eigenvalue weighted by Crippen LogP contribution is -2.64. The lowest BCUT2D eigenvalue weighted by Gasteiger charge is -2.44. The number of aliphatic hydroxyl groups is 7. The molecule has 11 heteroatoms. The van der Waals surface area contributed by atoms with Crippen LogP contribution in [0.25, 0.3) is 0 Å². The molecule has 2 heterocycles. The fourth-order valence-electron chi connectivity index (χ4n) is 2.54. The second-order valence-corrected chi connectivity index (χ2v) is 5.58. The van der Waals surface area contributed by atoms with E-state index in [4.69, 9.17) is 25.1 Å². The summed E-state index contributed by atoms with van der Waals surface area (Å²) in [4.78, 5) is 0. The Morgan fingerprint density at radius 2 is 1.13 bits per heavy atom. The van der Waals surface area contributed by atoms with Crippen molar-refractivity contribution in [3.63, 3.8) is 0 Å². The lowest BCUT2D eigenvalue weighted by atomic mass is 9.98. The van der Waals surface area contributed by atoms with E-state index in [0.717, 1.165) is 0 Å². The van der Waals surface area contributed by atoms with Crippen molar-refractivity contribution in [2.24, 2.45) is 5.73 Å². The molecule has 23 heavy (non-hydrogen) atoms. The number of hydrogen-bond acceptors (Lipinski definition) is 11. The maximum atomic E-state index is 9.88. The molecule has 2 rings (SSSR count). The molecule has 2 aliphatic heterocycles. The van der Waals surface area contributed by atoms with E-state index < -0.39 is 68.0 Å². The maximum absolute atomic E-state index is 9.88. The maximum Gasteiger partial charge on any atom is 0.189 e. The first-order chi connectivity index (χ1) is 10.8. The number of nitrogens with two attached hydrogens (primary N) is 1. The number of ether oxygens (including phenoxy) is 3. The van der Waals surface area contributed by atoms with Crippen LogP contribution >= 0.6 is 0 Å². The first-order valence-corrected chi connectivity index (χ1v) is 7.17. The van der Waals surface area contributed by atoms with Crippen molar-refractivity contribution in [2.75, 3.05) is 13.2 Å². The van der Waals surface area contributed by atoms with Gasteiger partial charge in [-0.1, -0.05) is 0 Å². The highest BCUT2D eigenvalue weighted by Gasteiger charge is 2.49. The van der Waals surface area contributed by atoms with Crippen molar-refractivity contribution in [2.45, 2.75) is 61.4 Å². The van der Waals surface area contributed by atoms with E-state index in [0.29, 0.717) is 0 Å². The highest BCUT2D eigenvalue weighted by Crippen LogP contribution is 2.27. The van der Waals surface area contributed by atoms with Gasteiger partial charge in [0.2, 0.25) is 0 Å². The number of hydrogen-bond donors (Lipinski definition) is 8. The van der Waals surface area contributed by atoms with Crippen molar-refractivity contribution < 1.29 is 50.0 Å². The Labute approximate surface area is 131 Å². The molecule has 0 aromatic carbocycles. The summed E-state index contributed by atoms with van der Waals surface area (Å²) in [7, 11) is 0. The van der Waals surface area contributed by atoms with Crippen LogP contribution in [0, 0.1) is 0 Å². The van der Waals surface area contributed by atoms with E-state index in [1.807, 2.05) is 0 Å². The van der Waals surface area contributed by atoms with Gasteiger partial charge in [-0.25, -0.2) is 0 Å². The second-order valence-electron chi connectivity index (χ2n) is 5.58. The largest absolute Gasteiger partial charge is 0.394 e. The summed E-state index contributed by atoms with van der Waals surface area (Å²) >= 11 is 0. The first-order valence-electron chi connectivity index (χ1n) is 7.17. The van der Waals surface area contributed by atoms with Gasteiger partial charge < -0.3 is 55.7 Å². The van der Waals surface area contributed by atoms with E-state index in [1.54, 1.807) is 0 Å². The Balaban J connectivity index is 2.07. The second kappa shape index (κ2) is 7.63. The third-order valence-electron chi connectivity index (χ3n) is 4.02. The Kier molecular flexibility index (Phi) is 6.27. The zero-order chi connectivity index (χ0) is 17.3. The summed E-state index contributed by atoms with van der Waals surface area (Å²) in [6, 6.07) is 0. The molecule has 11 nitrogen and oxygen atoms in total. The topological polar surface area (TPSA) is 195 Å². The quantitative estimate of drug-likeness (QED) is 0.243. The molecule has 136 valence electrons. The van der Waals surface area contributed by atoms with Gasteiger partial charge in [0.15, 0.2) is 12.6 Å². The Morgan fingerprint density at radius 1 is 0.696 bits per heavy atom. The van der Waals surface area contributed by atoms with Gasteiger partial charge in [-0.2, -0.15) is 0 Å². The third kappa shape index (κ3) is 3.65. The predicted molar refractivity (Wildman–Crippen MR) is 70.6 cm³/mol. The molecule has 2 saturated heterocycles. The number of aliphatic hydroxyl groups excluding tert-OH is 7. The SMILES string of the molecule is NCC1O[C@H](O[C@H]2OC(CO)[C@@H](O)C(O)C2O)C(O)C(O)[C@@H]1O. The average Bonchev–Trinajstić information content (AvgIpc) is 2.55. The van der Waals surface area contributed by atoms with Crippen LogP contribution in [-0.4, -0.2) is 110 Å². The summed E-state index contributed by atoms with van der Waals surface area (Å²) in [5, 5.41) is 67.6. The minimum atomic E-state index is -1.69. The molecule has 0 saturated carbocycles. The van der Waals surface area contributed by atoms with Crippen LogP contribution in [-0.2, 0) is 14.2 Å². The fraction of sp³-hybridized carbons (Fsp3) is 1.00. The minimum absolute atomic E-state index is 0.167. The van der Waals surface area contributed by atoms with E-state index >= 15 is 0 Å². The molecule has 0 aliphatic carbocycles. The molecule has 0 radical (unpaired) electrons. The Bertz CT molecular complexity index is 349. The van der Waals surface area contributed by atoms with Gasteiger partial charge in [-0.05, 0) is 0 Å². The van der Waals surface area contributed by atoms with E-state index in [1.165, 1.54) is 0 Å². The van der Waals surface area contributed by atoms with Crippen LogP contribution in [0.1, 0.15) is 0 Å². The summed E-state index contributed by atoms with van der Waals surface area (Å²) in [6.07, 6.45) is -14.9. The van der Waals surface area contributed by atoms with Gasteiger partial charge in [-0.3, -0.25) is 0 Å². The Morgan fingerprint density at radius 3 is 1.57 bits per heavy atom. The molecule has 0 spiro atoms. The molecule has 0 amide bonds. The summed E-state index contributed by atoms with van der Waals surface area (Å²) in [6.45, 7) is -0.814. The predicted octanol–water partition coefficient (Wildman–Crippen LogP) is -5.43. The average molecular weight is 341 g/mol. The Hall–Kier alpha value is -0.440. The molecular formula is C12H23NO10. The molecule has 10 atom stereocenters. The number of rotatable bonds is 4. The van der Waals surface area contributed by atoms with Crippen LogP contribution in [0.5, 0.6) is 0 Å². The monoisotopic (exact) mass is 341 g/mol. The van der Waals surface area contributed by atoms with E-state index in [9.17, 15) is 30.6 Å². The molecule has 2 aliphatic rings. The zero-order valence-corrected chi connectivity index (χ0v) is 12.1. The summed E-state index contributed by atoms with van der Waals surface area (Å²) in [5.74, 6) is 0. The van der Waals surface area contributed by atoms with Crippen LogP contribution < -0.4 is 5.73 Å². The highest BCUT2D eigenvalue weighted by molar-refractivity contribution is 4.92. The van der Waals surface area contributed by atoms with Crippen molar-refractivity contribution in [1.82, 2.24) is 0 Å². The molecule has 0 aromatic rings. The van der Waals surface area contributed by atoms with Crippen molar-refractivity contribution >= 4 is 0 Å². The van der Waals surface area contributed by atoms with Gasteiger partial charge in [-0.15, -0.1) is 0 Å². The van der Waals surface area contributed by atoms with E-state index in [-0.39, 0.29) is 6.54 Å². The molecule has 6 unspecified atom stereocenters. The molecule has 0 bridgehead atoms. The van der Waals surface area contributed by atoms with Gasteiger partial charge in [0.05, 0.1) is 6.61 Å². The molecule has 9 N–H and O–H groups in total. The van der Waals surface area contributed by atoms with Crippen molar-refractivity contribution in [3.8, 4) is 0 Å². The smallest absolute Gasteiger partial charge is 0.189 e. The van der Waals surface area contributed by atoms with Gasteiger partial charge in [0.25, 0.3) is 0 Å². The first kappa shape index (κ1) is 18.9.